The zero-order valence-electron chi connectivity index (χ0n) is 9.01. The molecule has 1 aromatic rings. The largest absolute Gasteiger partial charge is 0.480 e. The highest BCUT2D eigenvalue weighted by atomic mass is 19.4. The Morgan fingerprint density at radius 2 is 1.63 bits per heavy atom. The average molecular weight is 287 g/mol. The summed E-state index contributed by atoms with van der Waals surface area (Å²) in [7, 11) is 0. The van der Waals surface area contributed by atoms with Gasteiger partial charge in [-0.15, -0.1) is 0 Å². The Hall–Kier alpha value is -1.77. The molecule has 106 valence electrons. The first-order valence-corrected chi connectivity index (χ1v) is 4.71. The van der Waals surface area contributed by atoms with Crippen LogP contribution in [0.15, 0.2) is 18.2 Å². The minimum atomic E-state index is -4.99. The van der Waals surface area contributed by atoms with Crippen LogP contribution in [-0.2, 0) is 17.1 Å². The third kappa shape index (κ3) is 3.37. The molecule has 3 N–H and O–H groups in total. The molecular weight excluding hydrogens is 280 g/mol. The minimum Gasteiger partial charge on any atom is -0.480 e. The number of carboxylic acids is 1. The van der Waals surface area contributed by atoms with Crippen molar-refractivity contribution in [1.82, 2.24) is 0 Å². The molecule has 0 radical (unpaired) electrons. The molecule has 0 aliphatic rings. The summed E-state index contributed by atoms with van der Waals surface area (Å²) in [5.74, 6) is -1.86. The maximum atomic E-state index is 12.6. The lowest BCUT2D eigenvalue weighted by molar-refractivity contribution is -0.144. The molecule has 0 saturated carbocycles. The van der Waals surface area contributed by atoms with Crippen LogP contribution in [0.3, 0.4) is 0 Å². The first-order chi connectivity index (χ1) is 8.44. The number of rotatable bonds is 2. The van der Waals surface area contributed by atoms with Crippen molar-refractivity contribution in [1.29, 1.82) is 0 Å². The molecule has 0 amide bonds. The fourth-order valence-corrected chi connectivity index (χ4v) is 1.39. The van der Waals surface area contributed by atoms with Gasteiger partial charge in [0.15, 0.2) is 0 Å². The second-order valence-corrected chi connectivity index (χ2v) is 3.61. The van der Waals surface area contributed by atoms with Crippen molar-refractivity contribution >= 4 is 5.97 Å². The third-order valence-corrected chi connectivity index (χ3v) is 2.29. The van der Waals surface area contributed by atoms with Gasteiger partial charge < -0.3 is 10.8 Å². The van der Waals surface area contributed by atoms with Gasteiger partial charge in [0, 0.05) is 0 Å². The van der Waals surface area contributed by atoms with Crippen LogP contribution in [0, 0.1) is 0 Å². The van der Waals surface area contributed by atoms with Crippen LogP contribution in [-0.4, -0.2) is 11.1 Å². The molecule has 19 heavy (non-hydrogen) atoms. The smallest absolute Gasteiger partial charge is 0.416 e. The maximum absolute atomic E-state index is 12.6. The van der Waals surface area contributed by atoms with Gasteiger partial charge in [-0.2, -0.15) is 26.3 Å². The Morgan fingerprint density at radius 1 is 1.11 bits per heavy atom. The first kappa shape index (κ1) is 15.3. The molecule has 0 saturated heterocycles. The number of alkyl halides is 6. The summed E-state index contributed by atoms with van der Waals surface area (Å²) < 4.78 is 74.9. The molecule has 0 heterocycles. The third-order valence-electron chi connectivity index (χ3n) is 2.29. The lowest BCUT2D eigenvalue weighted by atomic mass is 9.97. The van der Waals surface area contributed by atoms with E-state index < -0.39 is 41.1 Å². The molecule has 0 spiro atoms. The van der Waals surface area contributed by atoms with Crippen LogP contribution in [0.4, 0.5) is 26.3 Å². The van der Waals surface area contributed by atoms with Gasteiger partial charge in [0.2, 0.25) is 0 Å². The van der Waals surface area contributed by atoms with Crippen LogP contribution in [0.25, 0.3) is 0 Å². The topological polar surface area (TPSA) is 63.3 Å². The number of hydrogen-bond acceptors (Lipinski definition) is 2. The Labute approximate surface area is 102 Å². The molecule has 3 nitrogen and oxygen atoms in total. The molecule has 0 bridgehead atoms. The molecule has 1 aromatic carbocycles. The second-order valence-electron chi connectivity index (χ2n) is 3.61. The van der Waals surface area contributed by atoms with E-state index in [0.717, 1.165) is 0 Å². The predicted octanol–water partition coefficient (Wildman–Crippen LogP) is 2.81. The highest BCUT2D eigenvalue weighted by molar-refractivity contribution is 5.76. The monoisotopic (exact) mass is 287 g/mol. The van der Waals surface area contributed by atoms with Crippen molar-refractivity contribution in [3.8, 4) is 0 Å². The highest BCUT2D eigenvalue weighted by Crippen LogP contribution is 2.38. The van der Waals surface area contributed by atoms with Crippen LogP contribution < -0.4 is 5.73 Å². The van der Waals surface area contributed by atoms with Gasteiger partial charge in [-0.05, 0) is 23.8 Å². The van der Waals surface area contributed by atoms with E-state index in [1.807, 2.05) is 0 Å². The van der Waals surface area contributed by atoms with E-state index in [-0.39, 0.29) is 18.2 Å². The van der Waals surface area contributed by atoms with Crippen LogP contribution in [0.2, 0.25) is 0 Å². The lowest BCUT2D eigenvalue weighted by Gasteiger charge is -2.17. The molecule has 1 rings (SSSR count). The van der Waals surface area contributed by atoms with Crippen molar-refractivity contribution in [2.45, 2.75) is 18.4 Å². The summed E-state index contributed by atoms with van der Waals surface area (Å²) in [4.78, 5) is 10.6. The predicted molar refractivity (Wildman–Crippen MR) is 51.0 cm³/mol. The SMILES string of the molecule is N[C@H](C(=O)O)c1cc(C(F)(F)F)ccc1C(F)(F)F. The number of hydrogen-bond donors (Lipinski definition) is 2. The Kier molecular flexibility index (Phi) is 3.80. The van der Waals surface area contributed by atoms with E-state index in [2.05, 4.69) is 0 Å². The fourth-order valence-electron chi connectivity index (χ4n) is 1.39. The average Bonchev–Trinajstić information content (AvgIpc) is 2.24. The van der Waals surface area contributed by atoms with Gasteiger partial charge in [-0.1, -0.05) is 0 Å². The summed E-state index contributed by atoms with van der Waals surface area (Å²) in [6.07, 6.45) is -9.89. The van der Waals surface area contributed by atoms with Crippen molar-refractivity contribution in [2.24, 2.45) is 5.73 Å². The van der Waals surface area contributed by atoms with Gasteiger partial charge in [0.05, 0.1) is 11.1 Å². The van der Waals surface area contributed by atoms with E-state index in [0.29, 0.717) is 0 Å². The molecule has 0 unspecified atom stereocenters. The van der Waals surface area contributed by atoms with Crippen LogP contribution in [0.5, 0.6) is 0 Å². The summed E-state index contributed by atoms with van der Waals surface area (Å²) >= 11 is 0. The van der Waals surface area contributed by atoms with Gasteiger partial charge in [0.1, 0.15) is 6.04 Å². The molecular formula is C10H7F6NO2. The van der Waals surface area contributed by atoms with Crippen molar-refractivity contribution in [3.05, 3.63) is 34.9 Å². The minimum absolute atomic E-state index is 0.0988. The first-order valence-electron chi connectivity index (χ1n) is 4.71. The lowest BCUT2D eigenvalue weighted by Crippen LogP contribution is -2.25. The zero-order chi connectivity index (χ0) is 15.0. The van der Waals surface area contributed by atoms with Crippen LogP contribution in [0.1, 0.15) is 22.7 Å². The summed E-state index contributed by atoms with van der Waals surface area (Å²) in [5.41, 5.74) is 0.950. The van der Waals surface area contributed by atoms with Gasteiger partial charge in [-0.3, -0.25) is 4.79 Å². The van der Waals surface area contributed by atoms with E-state index in [4.69, 9.17) is 10.8 Å². The maximum Gasteiger partial charge on any atom is 0.416 e. The van der Waals surface area contributed by atoms with Gasteiger partial charge in [-0.25, -0.2) is 0 Å². The van der Waals surface area contributed by atoms with E-state index in [1.165, 1.54) is 0 Å². The van der Waals surface area contributed by atoms with Crippen molar-refractivity contribution in [3.63, 3.8) is 0 Å². The Bertz CT molecular complexity index is 494. The quantitative estimate of drug-likeness (QED) is 0.822. The van der Waals surface area contributed by atoms with Gasteiger partial charge >= 0.3 is 18.3 Å². The van der Waals surface area contributed by atoms with Crippen molar-refractivity contribution < 1.29 is 36.2 Å². The highest BCUT2D eigenvalue weighted by Gasteiger charge is 2.39. The van der Waals surface area contributed by atoms with Gasteiger partial charge in [0.25, 0.3) is 0 Å². The Balaban J connectivity index is 3.48. The molecule has 9 heteroatoms. The normalized spacial score (nSPS) is 14.3. The Morgan fingerprint density at radius 3 is 2.00 bits per heavy atom. The van der Waals surface area contributed by atoms with Crippen LogP contribution >= 0.6 is 0 Å². The standard InChI is InChI=1S/C10H7F6NO2/c11-9(12,13)4-1-2-6(10(14,15)16)5(3-4)7(17)8(18)19/h1-3,7H,17H2,(H,18,19)/t7-/m0/s1. The number of carboxylic acid groups (broad SMARTS) is 1. The fraction of sp³-hybridized carbons (Fsp3) is 0.300. The summed E-state index contributed by atoms with van der Waals surface area (Å²) in [6, 6.07) is -1.71. The summed E-state index contributed by atoms with van der Waals surface area (Å²) in [5, 5.41) is 8.55. The molecule has 0 aromatic heterocycles. The van der Waals surface area contributed by atoms with E-state index >= 15 is 0 Å². The van der Waals surface area contributed by atoms with Crippen molar-refractivity contribution in [2.75, 3.05) is 0 Å². The second kappa shape index (κ2) is 4.72. The number of carbonyl (C=O) groups is 1. The zero-order valence-corrected chi connectivity index (χ0v) is 9.01. The number of nitrogens with two attached hydrogens (primary N) is 1. The molecule has 0 aliphatic heterocycles. The molecule has 0 aliphatic carbocycles. The summed E-state index contributed by atoms with van der Waals surface area (Å²) in [6.45, 7) is 0. The number of benzene rings is 1. The number of halogens is 6. The van der Waals surface area contributed by atoms with E-state index in [9.17, 15) is 31.1 Å². The molecule has 1 atom stereocenters. The molecule has 0 fully saturated rings. The van der Waals surface area contributed by atoms with E-state index in [1.54, 1.807) is 0 Å². The number of aliphatic carboxylic acids is 1.